The maximum absolute atomic E-state index is 12.5. The number of unbranched alkanes of at least 4 members (excludes halogenated alkanes) is 1. The summed E-state index contributed by atoms with van der Waals surface area (Å²) in [6.07, 6.45) is 2.12. The van der Waals surface area contributed by atoms with Gasteiger partial charge >= 0.3 is 0 Å². The number of thiazole rings is 1. The number of rotatable bonds is 7. The second kappa shape index (κ2) is 9.09. The van der Waals surface area contributed by atoms with E-state index < -0.39 is 0 Å². The fraction of sp³-hybridized carbons (Fsp3) is 0.200. The molecule has 30 heavy (non-hydrogen) atoms. The molecule has 0 unspecified atom stereocenters. The highest BCUT2D eigenvalue weighted by atomic mass is 32.1. The number of aromatic nitrogens is 1. The zero-order chi connectivity index (χ0) is 20.9. The summed E-state index contributed by atoms with van der Waals surface area (Å²) in [5.41, 5.74) is 4.64. The van der Waals surface area contributed by atoms with Gasteiger partial charge in [-0.25, -0.2) is 4.98 Å². The van der Waals surface area contributed by atoms with E-state index in [0.717, 1.165) is 40.4 Å². The number of anilines is 1. The van der Waals surface area contributed by atoms with Crippen molar-refractivity contribution >= 4 is 33.1 Å². The van der Waals surface area contributed by atoms with E-state index in [2.05, 4.69) is 37.4 Å². The third-order valence-corrected chi connectivity index (χ3v) is 5.88. The summed E-state index contributed by atoms with van der Waals surface area (Å²) < 4.78 is 6.83. The zero-order valence-electron chi connectivity index (χ0n) is 17.1. The summed E-state index contributed by atoms with van der Waals surface area (Å²) in [5.74, 6) is 0.647. The van der Waals surface area contributed by atoms with Crippen LogP contribution in [0, 0.1) is 6.92 Å². The first-order chi connectivity index (χ1) is 14.6. The van der Waals surface area contributed by atoms with Gasteiger partial charge in [-0.05, 0) is 79.6 Å². The SMILES string of the molecule is CCCCOc1ccc(C(=O)Nc2ccc(-c3nc4ccc(C)cc4s3)cc2)cc1. The minimum absolute atomic E-state index is 0.140. The van der Waals surface area contributed by atoms with E-state index in [1.54, 1.807) is 23.5 Å². The Bertz CT molecular complexity index is 1150. The maximum atomic E-state index is 12.5. The van der Waals surface area contributed by atoms with E-state index in [1.165, 1.54) is 10.3 Å². The molecule has 1 heterocycles. The van der Waals surface area contributed by atoms with Crippen LogP contribution in [-0.4, -0.2) is 17.5 Å². The molecule has 0 spiro atoms. The van der Waals surface area contributed by atoms with Gasteiger partial charge in [-0.15, -0.1) is 11.3 Å². The summed E-state index contributed by atoms with van der Waals surface area (Å²) in [6.45, 7) is 4.91. The fourth-order valence-electron chi connectivity index (χ4n) is 3.09. The second-order valence-corrected chi connectivity index (χ2v) is 8.28. The lowest BCUT2D eigenvalue weighted by Gasteiger charge is -2.08. The standard InChI is InChI=1S/C25H24N2O2S/c1-3-4-15-29-21-12-8-18(9-13-21)24(28)26-20-10-6-19(7-11-20)25-27-22-14-5-17(2)16-23(22)30-25/h5-14,16H,3-4,15H2,1-2H3,(H,26,28). The molecule has 4 rings (SSSR count). The molecule has 0 aliphatic heterocycles. The monoisotopic (exact) mass is 416 g/mol. The Morgan fingerprint density at radius 1 is 1.03 bits per heavy atom. The Morgan fingerprint density at radius 3 is 2.53 bits per heavy atom. The number of fused-ring (bicyclic) bond motifs is 1. The van der Waals surface area contributed by atoms with E-state index in [4.69, 9.17) is 9.72 Å². The van der Waals surface area contributed by atoms with Crippen LogP contribution >= 0.6 is 11.3 Å². The molecule has 0 aliphatic carbocycles. The molecule has 0 bridgehead atoms. The van der Waals surface area contributed by atoms with Crippen LogP contribution in [0.25, 0.3) is 20.8 Å². The minimum atomic E-state index is -0.140. The fourth-order valence-corrected chi connectivity index (χ4v) is 4.16. The van der Waals surface area contributed by atoms with Crippen molar-refractivity contribution in [3.8, 4) is 16.3 Å². The van der Waals surface area contributed by atoms with Crippen LogP contribution < -0.4 is 10.1 Å². The number of nitrogens with zero attached hydrogens (tertiary/aromatic N) is 1. The predicted molar refractivity (Wildman–Crippen MR) is 125 cm³/mol. The lowest BCUT2D eigenvalue weighted by Crippen LogP contribution is -2.11. The van der Waals surface area contributed by atoms with Gasteiger partial charge in [0.1, 0.15) is 10.8 Å². The average Bonchev–Trinajstić information content (AvgIpc) is 3.18. The number of benzene rings is 3. The highest BCUT2D eigenvalue weighted by molar-refractivity contribution is 7.21. The van der Waals surface area contributed by atoms with Gasteiger partial charge in [0.15, 0.2) is 0 Å². The van der Waals surface area contributed by atoms with Crippen molar-refractivity contribution in [2.24, 2.45) is 0 Å². The van der Waals surface area contributed by atoms with Crippen LogP contribution in [0.2, 0.25) is 0 Å². The van der Waals surface area contributed by atoms with E-state index in [1.807, 2.05) is 36.4 Å². The molecular weight excluding hydrogens is 392 g/mol. The highest BCUT2D eigenvalue weighted by Crippen LogP contribution is 2.31. The molecule has 4 nitrogen and oxygen atoms in total. The molecule has 1 N–H and O–H groups in total. The summed E-state index contributed by atoms with van der Waals surface area (Å²) in [4.78, 5) is 17.2. The quantitative estimate of drug-likeness (QED) is 0.341. The molecule has 4 aromatic rings. The Hall–Kier alpha value is -3.18. The second-order valence-electron chi connectivity index (χ2n) is 7.25. The van der Waals surface area contributed by atoms with Crippen molar-refractivity contribution < 1.29 is 9.53 Å². The normalized spacial score (nSPS) is 10.9. The lowest BCUT2D eigenvalue weighted by molar-refractivity contribution is 0.102. The highest BCUT2D eigenvalue weighted by Gasteiger charge is 2.09. The molecule has 1 aromatic heterocycles. The number of nitrogens with one attached hydrogen (secondary N) is 1. The molecule has 0 fully saturated rings. The van der Waals surface area contributed by atoms with Crippen molar-refractivity contribution in [3.63, 3.8) is 0 Å². The molecular formula is C25H24N2O2S. The largest absolute Gasteiger partial charge is 0.494 e. The first-order valence-corrected chi connectivity index (χ1v) is 11.0. The van der Waals surface area contributed by atoms with E-state index in [0.29, 0.717) is 12.2 Å². The predicted octanol–water partition coefficient (Wildman–Crippen LogP) is 6.70. The number of hydrogen-bond acceptors (Lipinski definition) is 4. The third kappa shape index (κ3) is 4.69. The van der Waals surface area contributed by atoms with Crippen LogP contribution in [0.4, 0.5) is 5.69 Å². The molecule has 3 aromatic carbocycles. The molecule has 1 amide bonds. The van der Waals surface area contributed by atoms with Crippen molar-refractivity contribution in [1.29, 1.82) is 0 Å². The molecule has 0 saturated heterocycles. The van der Waals surface area contributed by atoms with Crippen LogP contribution in [0.5, 0.6) is 5.75 Å². The molecule has 0 saturated carbocycles. The summed E-state index contributed by atoms with van der Waals surface area (Å²) in [7, 11) is 0. The number of carbonyl (C=O) groups is 1. The first-order valence-electron chi connectivity index (χ1n) is 10.1. The first kappa shape index (κ1) is 20.1. The number of amides is 1. The van der Waals surface area contributed by atoms with Gasteiger partial charge in [0, 0.05) is 16.8 Å². The Labute approximate surface area is 180 Å². The smallest absolute Gasteiger partial charge is 0.255 e. The van der Waals surface area contributed by atoms with Crippen LogP contribution in [0.1, 0.15) is 35.7 Å². The van der Waals surface area contributed by atoms with E-state index >= 15 is 0 Å². The van der Waals surface area contributed by atoms with Crippen molar-refractivity contribution in [2.75, 3.05) is 11.9 Å². The van der Waals surface area contributed by atoms with Gasteiger partial charge in [0.2, 0.25) is 0 Å². The van der Waals surface area contributed by atoms with Crippen LogP contribution in [0.15, 0.2) is 66.7 Å². The minimum Gasteiger partial charge on any atom is -0.494 e. The van der Waals surface area contributed by atoms with Crippen LogP contribution in [0.3, 0.4) is 0 Å². The van der Waals surface area contributed by atoms with E-state index in [9.17, 15) is 4.79 Å². The third-order valence-electron chi connectivity index (χ3n) is 4.82. The van der Waals surface area contributed by atoms with Gasteiger partial charge < -0.3 is 10.1 Å². The molecule has 0 aliphatic rings. The summed E-state index contributed by atoms with van der Waals surface area (Å²) in [6, 6.07) is 21.3. The Balaban J connectivity index is 1.41. The summed E-state index contributed by atoms with van der Waals surface area (Å²) >= 11 is 1.68. The maximum Gasteiger partial charge on any atom is 0.255 e. The number of carbonyl (C=O) groups excluding carboxylic acids is 1. The Kier molecular flexibility index (Phi) is 6.10. The number of ether oxygens (including phenoxy) is 1. The number of hydrogen-bond donors (Lipinski definition) is 1. The Morgan fingerprint density at radius 2 is 1.80 bits per heavy atom. The van der Waals surface area contributed by atoms with Crippen molar-refractivity contribution in [1.82, 2.24) is 4.98 Å². The lowest BCUT2D eigenvalue weighted by atomic mass is 10.2. The molecule has 5 heteroatoms. The van der Waals surface area contributed by atoms with Crippen molar-refractivity contribution in [3.05, 3.63) is 77.9 Å². The van der Waals surface area contributed by atoms with Gasteiger partial charge in [-0.2, -0.15) is 0 Å². The van der Waals surface area contributed by atoms with Gasteiger partial charge in [0.05, 0.1) is 16.8 Å². The average molecular weight is 417 g/mol. The molecule has 152 valence electrons. The topological polar surface area (TPSA) is 51.2 Å². The summed E-state index contributed by atoms with van der Waals surface area (Å²) in [5, 5.41) is 3.92. The molecule has 0 atom stereocenters. The van der Waals surface area contributed by atoms with Gasteiger partial charge in [-0.3, -0.25) is 4.79 Å². The molecule has 0 radical (unpaired) electrons. The number of aryl methyl sites for hydroxylation is 1. The van der Waals surface area contributed by atoms with E-state index in [-0.39, 0.29) is 5.91 Å². The van der Waals surface area contributed by atoms with Gasteiger partial charge in [-0.1, -0.05) is 19.4 Å². The van der Waals surface area contributed by atoms with Crippen molar-refractivity contribution in [2.45, 2.75) is 26.7 Å². The zero-order valence-corrected chi connectivity index (χ0v) is 18.0. The van der Waals surface area contributed by atoms with Gasteiger partial charge in [0.25, 0.3) is 5.91 Å². The van der Waals surface area contributed by atoms with Crippen LogP contribution in [-0.2, 0) is 0 Å².